The molecule has 0 bridgehead atoms. The van der Waals surface area contributed by atoms with E-state index < -0.39 is 0 Å². The van der Waals surface area contributed by atoms with Crippen LogP contribution in [0.3, 0.4) is 0 Å². The first-order chi connectivity index (χ1) is 8.79. The third-order valence-electron chi connectivity index (χ3n) is 4.25. The summed E-state index contributed by atoms with van der Waals surface area (Å²) in [5.41, 5.74) is 6.10. The van der Waals surface area contributed by atoms with Crippen LogP contribution < -0.4 is 5.73 Å². The van der Waals surface area contributed by atoms with Crippen molar-refractivity contribution in [2.75, 3.05) is 13.1 Å². The fraction of sp³-hybridized carbons (Fsp3) is 0.846. The zero-order valence-corrected chi connectivity index (χ0v) is 11.2. The average Bonchev–Trinajstić information content (AvgIpc) is 2.84. The van der Waals surface area contributed by atoms with E-state index in [1.807, 2.05) is 4.68 Å². The van der Waals surface area contributed by atoms with Gasteiger partial charge in [0.1, 0.15) is 12.0 Å². The molecule has 0 saturated carbocycles. The number of fused-ring (bicyclic) bond motifs is 1. The van der Waals surface area contributed by atoms with Crippen molar-refractivity contribution in [1.82, 2.24) is 19.7 Å². The van der Waals surface area contributed by atoms with Gasteiger partial charge in [0, 0.05) is 6.42 Å². The maximum Gasteiger partial charge on any atom is 0.168 e. The lowest BCUT2D eigenvalue weighted by Crippen LogP contribution is -2.34. The van der Waals surface area contributed by atoms with Gasteiger partial charge in [-0.05, 0) is 38.8 Å². The number of aromatic nitrogens is 3. The van der Waals surface area contributed by atoms with Crippen LogP contribution in [0.1, 0.15) is 62.9 Å². The van der Waals surface area contributed by atoms with E-state index in [9.17, 15) is 0 Å². The molecule has 1 aromatic heterocycles. The van der Waals surface area contributed by atoms with Gasteiger partial charge in [-0.15, -0.1) is 0 Å². The molecule has 18 heavy (non-hydrogen) atoms. The molecule has 5 nitrogen and oxygen atoms in total. The third kappa shape index (κ3) is 2.06. The first kappa shape index (κ1) is 12.1. The largest absolute Gasteiger partial charge is 0.310 e. The molecule has 1 aromatic rings. The summed E-state index contributed by atoms with van der Waals surface area (Å²) in [7, 11) is 0. The maximum absolute atomic E-state index is 6.10. The molecule has 2 aliphatic heterocycles. The Kier molecular flexibility index (Phi) is 3.35. The second kappa shape index (κ2) is 4.97. The van der Waals surface area contributed by atoms with E-state index in [0.717, 1.165) is 37.5 Å². The van der Waals surface area contributed by atoms with Crippen molar-refractivity contribution in [3.8, 4) is 0 Å². The first-order valence-electron chi connectivity index (χ1n) is 7.24. The summed E-state index contributed by atoms with van der Waals surface area (Å²) in [6.45, 7) is 4.48. The molecule has 100 valence electrons. The minimum Gasteiger partial charge on any atom is -0.310 e. The molecule has 2 atom stereocenters. The molecule has 3 rings (SSSR count). The van der Waals surface area contributed by atoms with Gasteiger partial charge >= 0.3 is 0 Å². The van der Waals surface area contributed by atoms with E-state index >= 15 is 0 Å². The molecular formula is C13H23N5. The molecule has 0 aromatic carbocycles. The SMILES string of the molecule is CCN1CCCCC1c1nc2n(n1)C(N)CCC2. The summed E-state index contributed by atoms with van der Waals surface area (Å²) in [5.74, 6) is 2.09. The summed E-state index contributed by atoms with van der Waals surface area (Å²) < 4.78 is 1.96. The average molecular weight is 249 g/mol. The van der Waals surface area contributed by atoms with Crippen LogP contribution in [0.2, 0.25) is 0 Å². The normalized spacial score (nSPS) is 29.2. The van der Waals surface area contributed by atoms with E-state index in [2.05, 4.69) is 11.8 Å². The molecule has 1 saturated heterocycles. The molecule has 2 N–H and O–H groups in total. The highest BCUT2D eigenvalue weighted by molar-refractivity contribution is 5.03. The Labute approximate surface area is 108 Å². The Hall–Kier alpha value is -0.940. The van der Waals surface area contributed by atoms with E-state index in [1.165, 1.54) is 25.8 Å². The molecule has 2 aliphatic rings. The van der Waals surface area contributed by atoms with Gasteiger partial charge in [0.2, 0.25) is 0 Å². The minimum absolute atomic E-state index is 0.0358. The predicted molar refractivity (Wildman–Crippen MR) is 70.0 cm³/mol. The monoisotopic (exact) mass is 249 g/mol. The number of aryl methyl sites for hydroxylation is 1. The van der Waals surface area contributed by atoms with Crippen LogP contribution in [0.4, 0.5) is 0 Å². The van der Waals surface area contributed by atoms with Gasteiger partial charge in [-0.2, -0.15) is 5.10 Å². The van der Waals surface area contributed by atoms with Gasteiger partial charge in [0.05, 0.1) is 6.04 Å². The molecular weight excluding hydrogens is 226 g/mol. The number of piperidine rings is 1. The summed E-state index contributed by atoms with van der Waals surface area (Å²) in [5, 5.41) is 4.69. The zero-order chi connectivity index (χ0) is 12.5. The predicted octanol–water partition coefficient (Wildman–Crippen LogP) is 1.62. The van der Waals surface area contributed by atoms with Crippen molar-refractivity contribution >= 4 is 0 Å². The Bertz CT molecular complexity index is 414. The van der Waals surface area contributed by atoms with Gasteiger partial charge in [-0.1, -0.05) is 13.3 Å². The number of hydrogen-bond donors (Lipinski definition) is 1. The number of nitrogens with zero attached hydrogens (tertiary/aromatic N) is 4. The van der Waals surface area contributed by atoms with Crippen LogP contribution in [0, 0.1) is 0 Å². The minimum atomic E-state index is 0.0358. The van der Waals surface area contributed by atoms with Crippen molar-refractivity contribution in [3.05, 3.63) is 11.6 Å². The lowest BCUT2D eigenvalue weighted by atomic mass is 10.0. The molecule has 0 spiro atoms. The quantitative estimate of drug-likeness (QED) is 0.865. The van der Waals surface area contributed by atoms with Crippen molar-refractivity contribution in [1.29, 1.82) is 0 Å². The Balaban J connectivity index is 1.87. The van der Waals surface area contributed by atoms with Crippen molar-refractivity contribution < 1.29 is 0 Å². The number of likely N-dealkylation sites (tertiary alicyclic amines) is 1. The lowest BCUT2D eigenvalue weighted by Gasteiger charge is -2.32. The smallest absolute Gasteiger partial charge is 0.168 e. The second-order valence-electron chi connectivity index (χ2n) is 5.43. The van der Waals surface area contributed by atoms with Crippen LogP contribution in [0.25, 0.3) is 0 Å². The van der Waals surface area contributed by atoms with Gasteiger partial charge in [-0.25, -0.2) is 9.67 Å². The van der Waals surface area contributed by atoms with Gasteiger partial charge in [0.15, 0.2) is 5.82 Å². The van der Waals surface area contributed by atoms with Gasteiger partial charge < -0.3 is 5.73 Å². The van der Waals surface area contributed by atoms with Gasteiger partial charge in [-0.3, -0.25) is 4.90 Å². The van der Waals surface area contributed by atoms with Crippen LogP contribution in [0.5, 0.6) is 0 Å². The van der Waals surface area contributed by atoms with E-state index in [0.29, 0.717) is 6.04 Å². The van der Waals surface area contributed by atoms with Crippen LogP contribution in [0.15, 0.2) is 0 Å². The first-order valence-corrected chi connectivity index (χ1v) is 7.24. The Morgan fingerprint density at radius 1 is 1.28 bits per heavy atom. The van der Waals surface area contributed by atoms with Crippen molar-refractivity contribution in [2.45, 2.75) is 57.7 Å². The highest BCUT2D eigenvalue weighted by atomic mass is 15.4. The summed E-state index contributed by atoms with van der Waals surface area (Å²) in [6.07, 6.45) is 7.01. The van der Waals surface area contributed by atoms with E-state index in [4.69, 9.17) is 15.8 Å². The van der Waals surface area contributed by atoms with Crippen molar-refractivity contribution in [2.24, 2.45) is 5.73 Å². The fourth-order valence-electron chi connectivity index (χ4n) is 3.20. The summed E-state index contributed by atoms with van der Waals surface area (Å²) in [6, 6.07) is 0.411. The zero-order valence-electron chi connectivity index (χ0n) is 11.2. The van der Waals surface area contributed by atoms with Crippen LogP contribution in [-0.4, -0.2) is 32.8 Å². The van der Waals surface area contributed by atoms with Crippen molar-refractivity contribution in [3.63, 3.8) is 0 Å². The maximum atomic E-state index is 6.10. The molecule has 0 aliphatic carbocycles. The molecule has 0 amide bonds. The molecule has 0 radical (unpaired) electrons. The number of hydrogen-bond acceptors (Lipinski definition) is 4. The molecule has 3 heterocycles. The number of nitrogens with two attached hydrogens (primary N) is 1. The highest BCUT2D eigenvalue weighted by Gasteiger charge is 2.29. The Morgan fingerprint density at radius 2 is 2.17 bits per heavy atom. The van der Waals surface area contributed by atoms with Crippen LogP contribution in [-0.2, 0) is 6.42 Å². The molecule has 1 fully saturated rings. The molecule has 2 unspecified atom stereocenters. The van der Waals surface area contributed by atoms with E-state index in [-0.39, 0.29) is 6.17 Å². The number of rotatable bonds is 2. The summed E-state index contributed by atoms with van der Waals surface area (Å²) in [4.78, 5) is 7.25. The standard InChI is InChI=1S/C13H23N5/c1-2-17-9-4-3-6-10(17)13-15-12-8-5-7-11(14)18(12)16-13/h10-11H,2-9,14H2,1H3. The topological polar surface area (TPSA) is 60.0 Å². The van der Waals surface area contributed by atoms with Crippen LogP contribution >= 0.6 is 0 Å². The summed E-state index contributed by atoms with van der Waals surface area (Å²) >= 11 is 0. The third-order valence-corrected chi connectivity index (χ3v) is 4.25. The van der Waals surface area contributed by atoms with Gasteiger partial charge in [0.25, 0.3) is 0 Å². The highest BCUT2D eigenvalue weighted by Crippen LogP contribution is 2.30. The lowest BCUT2D eigenvalue weighted by molar-refractivity contribution is 0.149. The molecule has 5 heteroatoms. The second-order valence-corrected chi connectivity index (χ2v) is 5.43. The van der Waals surface area contributed by atoms with E-state index in [1.54, 1.807) is 0 Å². The Morgan fingerprint density at radius 3 is 2.94 bits per heavy atom. The fourth-order valence-corrected chi connectivity index (χ4v) is 3.20.